The highest BCUT2D eigenvalue weighted by Gasteiger charge is 2.28. The SMILES string of the molecule is O=C(O)c1cc(OCC(F)(F)F)c[nH]c1=O. The number of hydrogen-bond acceptors (Lipinski definition) is 3. The Morgan fingerprint density at radius 3 is 2.62 bits per heavy atom. The molecule has 0 atom stereocenters. The van der Waals surface area contributed by atoms with Crippen LogP contribution in [0.2, 0.25) is 0 Å². The first-order chi connectivity index (χ1) is 7.29. The third-order valence-corrected chi connectivity index (χ3v) is 1.51. The molecule has 5 nitrogen and oxygen atoms in total. The number of rotatable bonds is 3. The maximum absolute atomic E-state index is 11.8. The van der Waals surface area contributed by atoms with Gasteiger partial charge in [-0.2, -0.15) is 13.2 Å². The van der Waals surface area contributed by atoms with Gasteiger partial charge in [-0.3, -0.25) is 4.79 Å². The summed E-state index contributed by atoms with van der Waals surface area (Å²) >= 11 is 0. The molecule has 0 spiro atoms. The number of carboxylic acid groups (broad SMARTS) is 1. The van der Waals surface area contributed by atoms with Crippen LogP contribution in [0.5, 0.6) is 5.75 Å². The predicted molar refractivity (Wildman–Crippen MR) is 45.6 cm³/mol. The topological polar surface area (TPSA) is 79.4 Å². The quantitative estimate of drug-likeness (QED) is 0.822. The van der Waals surface area contributed by atoms with Gasteiger partial charge in [-0.1, -0.05) is 0 Å². The van der Waals surface area contributed by atoms with Crippen LogP contribution < -0.4 is 10.3 Å². The molecule has 0 aliphatic rings. The molecule has 0 aliphatic carbocycles. The molecule has 0 saturated carbocycles. The van der Waals surface area contributed by atoms with Gasteiger partial charge in [0.1, 0.15) is 11.3 Å². The van der Waals surface area contributed by atoms with Gasteiger partial charge in [-0.05, 0) is 0 Å². The van der Waals surface area contributed by atoms with Gasteiger partial charge in [0.2, 0.25) is 0 Å². The number of aromatic amines is 1. The van der Waals surface area contributed by atoms with Crippen molar-refractivity contribution in [2.45, 2.75) is 6.18 Å². The van der Waals surface area contributed by atoms with Gasteiger partial charge in [0.05, 0.1) is 0 Å². The minimum absolute atomic E-state index is 0.366. The van der Waals surface area contributed by atoms with Crippen LogP contribution in [0, 0.1) is 0 Å². The Labute approximate surface area is 86.5 Å². The van der Waals surface area contributed by atoms with Gasteiger partial charge in [0.25, 0.3) is 5.56 Å². The fourth-order valence-electron chi connectivity index (χ4n) is 0.871. The van der Waals surface area contributed by atoms with E-state index in [4.69, 9.17) is 5.11 Å². The molecule has 0 aromatic carbocycles. The van der Waals surface area contributed by atoms with Crippen molar-refractivity contribution in [3.63, 3.8) is 0 Å². The Balaban J connectivity index is 2.88. The van der Waals surface area contributed by atoms with Crippen molar-refractivity contribution in [3.8, 4) is 5.75 Å². The highest BCUT2D eigenvalue weighted by atomic mass is 19.4. The highest BCUT2D eigenvalue weighted by Crippen LogP contribution is 2.17. The predicted octanol–water partition coefficient (Wildman–Crippen LogP) is 1.01. The zero-order chi connectivity index (χ0) is 12.3. The van der Waals surface area contributed by atoms with Crippen molar-refractivity contribution >= 4 is 5.97 Å². The van der Waals surface area contributed by atoms with Crippen LogP contribution in [0.25, 0.3) is 0 Å². The van der Waals surface area contributed by atoms with E-state index in [9.17, 15) is 22.8 Å². The highest BCUT2D eigenvalue weighted by molar-refractivity contribution is 5.87. The minimum atomic E-state index is -4.53. The normalized spacial score (nSPS) is 11.2. The summed E-state index contributed by atoms with van der Waals surface area (Å²) in [5.74, 6) is -1.91. The molecule has 0 amide bonds. The van der Waals surface area contributed by atoms with E-state index < -0.39 is 29.9 Å². The maximum atomic E-state index is 11.8. The molecule has 0 saturated heterocycles. The summed E-state index contributed by atoms with van der Waals surface area (Å²) in [5, 5.41) is 8.52. The van der Waals surface area contributed by atoms with E-state index >= 15 is 0 Å². The number of carboxylic acids is 1. The van der Waals surface area contributed by atoms with Crippen molar-refractivity contribution in [1.82, 2.24) is 4.98 Å². The van der Waals surface area contributed by atoms with Crippen LogP contribution in [0.3, 0.4) is 0 Å². The molecule has 0 bridgehead atoms. The number of aromatic nitrogens is 1. The third-order valence-electron chi connectivity index (χ3n) is 1.51. The first-order valence-corrected chi connectivity index (χ1v) is 3.95. The minimum Gasteiger partial charge on any atom is -0.483 e. The van der Waals surface area contributed by atoms with Crippen LogP contribution in [0.4, 0.5) is 13.2 Å². The van der Waals surface area contributed by atoms with E-state index in [1.54, 1.807) is 0 Å². The molecular weight excluding hydrogens is 231 g/mol. The van der Waals surface area contributed by atoms with E-state index in [0.717, 1.165) is 12.3 Å². The Morgan fingerprint density at radius 1 is 1.50 bits per heavy atom. The summed E-state index contributed by atoms with van der Waals surface area (Å²) in [4.78, 5) is 23.3. The second-order valence-corrected chi connectivity index (χ2v) is 2.79. The van der Waals surface area contributed by atoms with Crippen LogP contribution in [-0.2, 0) is 0 Å². The van der Waals surface area contributed by atoms with Crippen LogP contribution >= 0.6 is 0 Å². The summed E-state index contributed by atoms with van der Waals surface area (Å²) in [6.07, 6.45) is -3.67. The van der Waals surface area contributed by atoms with E-state index in [1.807, 2.05) is 4.98 Å². The van der Waals surface area contributed by atoms with Crippen molar-refractivity contribution in [1.29, 1.82) is 0 Å². The fraction of sp³-hybridized carbons (Fsp3) is 0.250. The second kappa shape index (κ2) is 4.25. The monoisotopic (exact) mass is 237 g/mol. The summed E-state index contributed by atoms with van der Waals surface area (Å²) in [5.41, 5.74) is -1.59. The van der Waals surface area contributed by atoms with Gasteiger partial charge >= 0.3 is 12.1 Å². The molecule has 0 unspecified atom stereocenters. The molecule has 16 heavy (non-hydrogen) atoms. The lowest BCUT2D eigenvalue weighted by Gasteiger charge is -2.08. The van der Waals surface area contributed by atoms with Crippen molar-refractivity contribution in [2.75, 3.05) is 6.61 Å². The average Bonchev–Trinajstić information content (AvgIpc) is 2.14. The lowest BCUT2D eigenvalue weighted by molar-refractivity contribution is -0.153. The first kappa shape index (κ1) is 12.1. The second-order valence-electron chi connectivity index (χ2n) is 2.79. The largest absolute Gasteiger partial charge is 0.483 e. The molecule has 1 aromatic rings. The number of carbonyl (C=O) groups is 1. The summed E-state index contributed by atoms with van der Waals surface area (Å²) in [6.45, 7) is -1.56. The number of alkyl halides is 3. The molecule has 0 radical (unpaired) electrons. The molecule has 8 heteroatoms. The number of halogens is 3. The Kier molecular flexibility index (Phi) is 3.21. The average molecular weight is 237 g/mol. The molecule has 0 aliphatic heterocycles. The molecule has 1 heterocycles. The molecule has 1 aromatic heterocycles. The lowest BCUT2D eigenvalue weighted by Crippen LogP contribution is -2.21. The molecule has 2 N–H and O–H groups in total. The third kappa shape index (κ3) is 3.30. The van der Waals surface area contributed by atoms with Gasteiger partial charge in [0.15, 0.2) is 6.61 Å². The maximum Gasteiger partial charge on any atom is 0.422 e. The van der Waals surface area contributed by atoms with E-state index in [1.165, 1.54) is 0 Å². The number of hydrogen-bond donors (Lipinski definition) is 2. The Bertz CT molecular complexity index is 451. The Morgan fingerprint density at radius 2 is 2.12 bits per heavy atom. The smallest absolute Gasteiger partial charge is 0.422 e. The number of pyridine rings is 1. The van der Waals surface area contributed by atoms with Gasteiger partial charge in [0, 0.05) is 12.3 Å². The van der Waals surface area contributed by atoms with Crippen molar-refractivity contribution in [2.24, 2.45) is 0 Å². The van der Waals surface area contributed by atoms with Crippen molar-refractivity contribution < 1.29 is 27.8 Å². The van der Waals surface area contributed by atoms with Gasteiger partial charge in [-0.15, -0.1) is 0 Å². The van der Waals surface area contributed by atoms with E-state index in [0.29, 0.717) is 0 Å². The van der Waals surface area contributed by atoms with E-state index in [-0.39, 0.29) is 5.75 Å². The van der Waals surface area contributed by atoms with Crippen LogP contribution in [0.15, 0.2) is 17.1 Å². The molecule has 1 rings (SSSR count). The fourth-order valence-corrected chi connectivity index (χ4v) is 0.871. The lowest BCUT2D eigenvalue weighted by atomic mass is 10.3. The van der Waals surface area contributed by atoms with E-state index in [2.05, 4.69) is 4.74 Å². The number of nitrogens with one attached hydrogen (secondary N) is 1. The summed E-state index contributed by atoms with van der Waals surface area (Å²) in [6, 6.07) is 0.729. The molecule has 0 fully saturated rings. The van der Waals surface area contributed by atoms with Gasteiger partial charge in [-0.25, -0.2) is 4.79 Å². The van der Waals surface area contributed by atoms with Crippen molar-refractivity contribution in [3.05, 3.63) is 28.2 Å². The van der Waals surface area contributed by atoms with Gasteiger partial charge < -0.3 is 14.8 Å². The first-order valence-electron chi connectivity index (χ1n) is 3.95. The molecule has 88 valence electrons. The van der Waals surface area contributed by atoms with Crippen LogP contribution in [-0.4, -0.2) is 28.8 Å². The zero-order valence-electron chi connectivity index (χ0n) is 7.67. The Hall–Kier alpha value is -1.99. The number of ether oxygens (including phenoxy) is 1. The number of H-pyrrole nitrogens is 1. The standard InChI is InChI=1S/C8H6F3NO4/c9-8(10,11)3-16-4-1-5(7(14)15)6(13)12-2-4/h1-2H,3H2,(H,12,13)(H,14,15). The zero-order valence-corrected chi connectivity index (χ0v) is 7.67. The molecular formula is C8H6F3NO4. The summed E-state index contributed by atoms with van der Waals surface area (Å²) in [7, 11) is 0. The number of aromatic carboxylic acids is 1. The van der Waals surface area contributed by atoms with Crippen LogP contribution in [0.1, 0.15) is 10.4 Å². The summed E-state index contributed by atoms with van der Waals surface area (Å²) < 4.78 is 39.6.